The predicted molar refractivity (Wildman–Crippen MR) is 61.0 cm³/mol. The lowest BCUT2D eigenvalue weighted by Crippen LogP contribution is -2.04. The van der Waals surface area contributed by atoms with E-state index in [-0.39, 0.29) is 21.8 Å². The van der Waals surface area contributed by atoms with Crippen molar-refractivity contribution >= 4 is 39.0 Å². The van der Waals surface area contributed by atoms with Crippen LogP contribution in [0.4, 0.5) is 5.69 Å². The third-order valence-electron chi connectivity index (χ3n) is 1.88. The molecule has 15 heavy (non-hydrogen) atoms. The molecule has 0 amide bonds. The lowest BCUT2D eigenvalue weighted by Gasteiger charge is -2.05. The van der Waals surface area contributed by atoms with Crippen molar-refractivity contribution < 1.29 is 9.72 Å². The van der Waals surface area contributed by atoms with Crippen LogP contribution < -0.4 is 0 Å². The fourth-order valence-corrected chi connectivity index (χ4v) is 1.90. The summed E-state index contributed by atoms with van der Waals surface area (Å²) in [6.45, 7) is 1.62. The number of aryl methyl sites for hydroxylation is 1. The van der Waals surface area contributed by atoms with Crippen LogP contribution >= 0.6 is 27.5 Å². The molecular formula is C9H7BrClNO3. The molecule has 0 heterocycles. The van der Waals surface area contributed by atoms with Crippen LogP contribution in [0, 0.1) is 17.0 Å². The number of nitro benzene ring substituents is 1. The van der Waals surface area contributed by atoms with Gasteiger partial charge in [-0.25, -0.2) is 0 Å². The number of alkyl halides is 1. The Balaban J connectivity index is 3.33. The van der Waals surface area contributed by atoms with Crippen LogP contribution in [0.5, 0.6) is 0 Å². The van der Waals surface area contributed by atoms with Crippen LogP contribution in [0.2, 0.25) is 5.02 Å². The second-order valence-electron chi connectivity index (χ2n) is 2.93. The lowest BCUT2D eigenvalue weighted by molar-refractivity contribution is -0.384. The topological polar surface area (TPSA) is 60.2 Å². The number of rotatable bonds is 3. The normalized spacial score (nSPS) is 10.1. The summed E-state index contributed by atoms with van der Waals surface area (Å²) in [7, 11) is 0. The van der Waals surface area contributed by atoms with Crippen molar-refractivity contribution in [2.24, 2.45) is 0 Å². The van der Waals surface area contributed by atoms with Gasteiger partial charge in [0.2, 0.25) is 0 Å². The third-order valence-corrected chi connectivity index (χ3v) is 2.69. The minimum atomic E-state index is -0.540. The fraction of sp³-hybridized carbons (Fsp3) is 0.222. The number of nitrogens with zero attached hydrogens (tertiary/aromatic N) is 1. The number of ketones is 1. The van der Waals surface area contributed by atoms with Gasteiger partial charge in [-0.2, -0.15) is 0 Å². The Morgan fingerprint density at radius 1 is 1.60 bits per heavy atom. The highest BCUT2D eigenvalue weighted by Gasteiger charge is 2.17. The minimum Gasteiger partial charge on any atom is -0.293 e. The van der Waals surface area contributed by atoms with E-state index >= 15 is 0 Å². The third kappa shape index (κ3) is 2.54. The van der Waals surface area contributed by atoms with Gasteiger partial charge in [-0.05, 0) is 12.5 Å². The summed E-state index contributed by atoms with van der Waals surface area (Å²) in [6.07, 6.45) is 0. The number of Topliss-reactive ketones (excluding diaryl/α,β-unsaturated/α-hetero) is 1. The van der Waals surface area contributed by atoms with Crippen molar-refractivity contribution in [3.63, 3.8) is 0 Å². The van der Waals surface area contributed by atoms with Crippen molar-refractivity contribution in [1.29, 1.82) is 0 Å². The predicted octanol–water partition coefficient (Wildman–Crippen LogP) is 3.13. The van der Waals surface area contributed by atoms with Crippen LogP contribution in [0.1, 0.15) is 15.9 Å². The van der Waals surface area contributed by atoms with Gasteiger partial charge in [-0.15, -0.1) is 0 Å². The Hall–Kier alpha value is -0.940. The van der Waals surface area contributed by atoms with Gasteiger partial charge in [0.15, 0.2) is 5.78 Å². The molecule has 1 aromatic rings. The van der Waals surface area contributed by atoms with Crippen molar-refractivity contribution in [1.82, 2.24) is 0 Å². The molecule has 0 aliphatic rings. The molecule has 1 rings (SSSR count). The van der Waals surface area contributed by atoms with Crippen molar-refractivity contribution in [2.75, 3.05) is 5.33 Å². The molecular weight excluding hydrogens is 285 g/mol. The molecule has 0 N–H and O–H groups in total. The number of carbonyl (C=O) groups excluding carboxylic acids is 1. The summed E-state index contributed by atoms with van der Waals surface area (Å²) in [4.78, 5) is 21.4. The summed E-state index contributed by atoms with van der Waals surface area (Å²) in [5.74, 6) is -0.188. The Labute approximate surface area is 99.5 Å². The first-order valence-electron chi connectivity index (χ1n) is 4.01. The van der Waals surface area contributed by atoms with Crippen molar-refractivity contribution in [3.8, 4) is 0 Å². The average molecular weight is 293 g/mol. The summed E-state index contributed by atoms with van der Waals surface area (Å²) in [5.41, 5.74) is 0.737. The van der Waals surface area contributed by atoms with E-state index in [2.05, 4.69) is 15.9 Å². The van der Waals surface area contributed by atoms with Gasteiger partial charge in [-0.1, -0.05) is 27.5 Å². The lowest BCUT2D eigenvalue weighted by atomic mass is 10.0. The van der Waals surface area contributed by atoms with Crippen LogP contribution in [-0.2, 0) is 0 Å². The number of halogens is 2. The number of hydrogen-bond acceptors (Lipinski definition) is 3. The maximum absolute atomic E-state index is 11.4. The smallest absolute Gasteiger partial charge is 0.271 e. The molecule has 0 unspecified atom stereocenters. The zero-order valence-electron chi connectivity index (χ0n) is 7.79. The van der Waals surface area contributed by atoms with Gasteiger partial charge in [0.1, 0.15) is 0 Å². The average Bonchev–Trinajstić information content (AvgIpc) is 2.16. The standard InChI is InChI=1S/C9H7BrClNO3/c1-5-2-6(12(14)15)3-7(11)9(5)8(13)4-10/h2-3H,4H2,1H3. The SMILES string of the molecule is Cc1cc([N+](=O)[O-])cc(Cl)c1C(=O)CBr. The Morgan fingerprint density at radius 2 is 2.20 bits per heavy atom. The van der Waals surface area contributed by atoms with Crippen molar-refractivity contribution in [3.05, 3.63) is 38.4 Å². The highest BCUT2D eigenvalue weighted by Crippen LogP contribution is 2.26. The molecule has 0 bridgehead atoms. The first-order valence-corrected chi connectivity index (χ1v) is 5.51. The second-order valence-corrected chi connectivity index (χ2v) is 3.90. The first kappa shape index (κ1) is 12.1. The highest BCUT2D eigenvalue weighted by molar-refractivity contribution is 9.09. The molecule has 0 saturated carbocycles. The molecule has 6 heteroatoms. The van der Waals surface area contributed by atoms with Crippen LogP contribution in [-0.4, -0.2) is 16.0 Å². The summed E-state index contributed by atoms with van der Waals surface area (Å²) in [5, 5.41) is 10.8. The van der Waals surface area contributed by atoms with E-state index in [0.717, 1.165) is 0 Å². The van der Waals surface area contributed by atoms with Gasteiger partial charge in [-0.3, -0.25) is 14.9 Å². The fourth-order valence-electron chi connectivity index (χ4n) is 1.25. The molecule has 0 aliphatic heterocycles. The molecule has 1 aromatic carbocycles. The second kappa shape index (κ2) is 4.72. The Kier molecular flexibility index (Phi) is 3.82. The van der Waals surface area contributed by atoms with Gasteiger partial charge in [0.25, 0.3) is 5.69 Å². The molecule has 0 atom stereocenters. The molecule has 0 spiro atoms. The van der Waals surface area contributed by atoms with E-state index in [0.29, 0.717) is 11.1 Å². The summed E-state index contributed by atoms with van der Waals surface area (Å²) >= 11 is 8.83. The van der Waals surface area contributed by atoms with Gasteiger partial charge >= 0.3 is 0 Å². The van der Waals surface area contributed by atoms with Crippen molar-refractivity contribution in [2.45, 2.75) is 6.92 Å². The number of hydrogen-bond donors (Lipinski definition) is 0. The van der Waals surface area contributed by atoms with E-state index in [1.54, 1.807) is 6.92 Å². The van der Waals surface area contributed by atoms with E-state index in [1.807, 2.05) is 0 Å². The number of nitro groups is 1. The van der Waals surface area contributed by atoms with E-state index < -0.39 is 4.92 Å². The summed E-state index contributed by atoms with van der Waals surface area (Å²) in [6, 6.07) is 2.52. The van der Waals surface area contributed by atoms with Gasteiger partial charge < -0.3 is 0 Å². The molecule has 0 saturated heterocycles. The molecule has 0 fully saturated rings. The first-order chi connectivity index (χ1) is 6.97. The molecule has 0 aliphatic carbocycles. The molecule has 0 aromatic heterocycles. The van der Waals surface area contributed by atoms with Crippen LogP contribution in [0.15, 0.2) is 12.1 Å². The number of benzene rings is 1. The zero-order chi connectivity index (χ0) is 11.6. The van der Waals surface area contributed by atoms with E-state index in [1.165, 1.54) is 12.1 Å². The Morgan fingerprint density at radius 3 is 2.60 bits per heavy atom. The number of non-ortho nitro benzene ring substituents is 1. The van der Waals surface area contributed by atoms with E-state index in [4.69, 9.17) is 11.6 Å². The highest BCUT2D eigenvalue weighted by atomic mass is 79.9. The quantitative estimate of drug-likeness (QED) is 0.372. The summed E-state index contributed by atoms with van der Waals surface area (Å²) < 4.78 is 0. The molecule has 0 radical (unpaired) electrons. The Bertz CT molecular complexity index is 410. The largest absolute Gasteiger partial charge is 0.293 e. The maximum Gasteiger partial charge on any atom is 0.271 e. The number of carbonyl (C=O) groups is 1. The monoisotopic (exact) mass is 291 g/mol. The molecule has 80 valence electrons. The van der Waals surface area contributed by atoms with Gasteiger partial charge in [0.05, 0.1) is 15.3 Å². The van der Waals surface area contributed by atoms with Gasteiger partial charge in [0, 0.05) is 17.7 Å². The minimum absolute atomic E-state index is 0.108. The maximum atomic E-state index is 11.4. The van der Waals surface area contributed by atoms with Crippen LogP contribution in [0.3, 0.4) is 0 Å². The van der Waals surface area contributed by atoms with E-state index in [9.17, 15) is 14.9 Å². The zero-order valence-corrected chi connectivity index (χ0v) is 10.1. The van der Waals surface area contributed by atoms with Crippen LogP contribution in [0.25, 0.3) is 0 Å². The molecule has 4 nitrogen and oxygen atoms in total.